The minimum absolute atomic E-state index is 0.307. The SMILES string of the molecule is CC(C)(C)C(=O)O.CC(C)(C)C(=O)OC[C@H]1O[C@@H](O)[C@H](O)[C@@H](O)[C@H]1O. The number of aliphatic carboxylic acids is 1. The van der Waals surface area contributed by atoms with Gasteiger partial charge in [0.05, 0.1) is 10.8 Å². The molecule has 1 saturated heterocycles. The molecule has 1 heterocycles. The Bertz CT molecular complexity index is 450. The zero-order chi connectivity index (χ0) is 20.2. The number of aliphatic hydroxyl groups excluding tert-OH is 4. The van der Waals surface area contributed by atoms with Gasteiger partial charge in [-0.25, -0.2) is 0 Å². The summed E-state index contributed by atoms with van der Waals surface area (Å²) in [5, 5.41) is 45.8. The minimum Gasteiger partial charge on any atom is -0.481 e. The van der Waals surface area contributed by atoms with Gasteiger partial charge in [-0.15, -0.1) is 0 Å². The van der Waals surface area contributed by atoms with E-state index in [2.05, 4.69) is 0 Å². The molecule has 9 nitrogen and oxygen atoms in total. The fraction of sp³-hybridized carbons (Fsp3) is 0.875. The Morgan fingerprint density at radius 1 is 0.880 bits per heavy atom. The molecule has 5 atom stereocenters. The summed E-state index contributed by atoms with van der Waals surface area (Å²) in [7, 11) is 0. The maximum Gasteiger partial charge on any atom is 0.311 e. The normalized spacial score (nSPS) is 30.1. The lowest BCUT2D eigenvalue weighted by molar-refractivity contribution is -0.287. The van der Waals surface area contributed by atoms with Gasteiger partial charge in [0.25, 0.3) is 0 Å². The Morgan fingerprint density at radius 3 is 1.68 bits per heavy atom. The largest absolute Gasteiger partial charge is 0.481 e. The summed E-state index contributed by atoms with van der Waals surface area (Å²) >= 11 is 0. The highest BCUT2D eigenvalue weighted by atomic mass is 16.6. The maximum absolute atomic E-state index is 11.5. The molecule has 9 heteroatoms. The van der Waals surface area contributed by atoms with Crippen LogP contribution in [0.25, 0.3) is 0 Å². The van der Waals surface area contributed by atoms with Gasteiger partial charge in [0.15, 0.2) is 6.29 Å². The van der Waals surface area contributed by atoms with Crippen molar-refractivity contribution in [2.75, 3.05) is 6.61 Å². The average Bonchev–Trinajstić information content (AvgIpc) is 2.45. The highest BCUT2D eigenvalue weighted by Crippen LogP contribution is 2.21. The van der Waals surface area contributed by atoms with E-state index >= 15 is 0 Å². The van der Waals surface area contributed by atoms with Gasteiger partial charge in [0.1, 0.15) is 31.0 Å². The van der Waals surface area contributed by atoms with Crippen molar-refractivity contribution >= 4 is 11.9 Å². The lowest BCUT2D eigenvalue weighted by Crippen LogP contribution is -2.58. The first kappa shape index (κ1) is 23.7. The number of carboxylic acids is 1. The van der Waals surface area contributed by atoms with E-state index in [4.69, 9.17) is 14.6 Å². The fourth-order valence-electron chi connectivity index (χ4n) is 1.44. The first-order chi connectivity index (χ1) is 11.1. The standard InChI is InChI=1S/C11H20O7.C5H10O2/c1-11(2,3)10(16)17-4-5-6(12)7(13)8(14)9(15)18-5;1-5(2,3)4(6)7/h5-9,12-15H,4H2,1-3H3;1-3H3,(H,6,7)/t5-,6+,7+,8-,9-;/m1./s1. The summed E-state index contributed by atoms with van der Waals surface area (Å²) < 4.78 is 9.78. The Labute approximate surface area is 147 Å². The van der Waals surface area contributed by atoms with E-state index in [-0.39, 0.29) is 6.61 Å². The number of ether oxygens (including phenoxy) is 2. The molecule has 1 fully saturated rings. The van der Waals surface area contributed by atoms with Crippen molar-refractivity contribution < 1.29 is 44.6 Å². The molecule has 25 heavy (non-hydrogen) atoms. The van der Waals surface area contributed by atoms with Crippen molar-refractivity contribution in [2.45, 2.75) is 72.2 Å². The second kappa shape index (κ2) is 8.91. The van der Waals surface area contributed by atoms with Crippen LogP contribution in [-0.4, -0.2) is 74.8 Å². The van der Waals surface area contributed by atoms with E-state index in [1.807, 2.05) is 0 Å². The first-order valence-corrected chi connectivity index (χ1v) is 7.87. The molecule has 0 aromatic heterocycles. The van der Waals surface area contributed by atoms with Crippen molar-refractivity contribution in [1.29, 1.82) is 0 Å². The van der Waals surface area contributed by atoms with Crippen LogP contribution in [0.3, 0.4) is 0 Å². The number of hydrogen-bond acceptors (Lipinski definition) is 8. The van der Waals surface area contributed by atoms with Gasteiger partial charge >= 0.3 is 11.9 Å². The zero-order valence-electron chi connectivity index (χ0n) is 15.5. The van der Waals surface area contributed by atoms with E-state index < -0.39 is 53.5 Å². The number of hydrogen-bond donors (Lipinski definition) is 5. The molecule has 0 aromatic carbocycles. The second-order valence-corrected chi connectivity index (χ2v) is 7.94. The Balaban J connectivity index is 0.000000697. The van der Waals surface area contributed by atoms with Crippen LogP contribution in [0.1, 0.15) is 41.5 Å². The van der Waals surface area contributed by atoms with Gasteiger partial charge in [0, 0.05) is 0 Å². The molecule has 0 radical (unpaired) electrons. The van der Waals surface area contributed by atoms with Crippen LogP contribution in [0.4, 0.5) is 0 Å². The number of esters is 1. The average molecular weight is 366 g/mol. The number of carbonyl (C=O) groups excluding carboxylic acids is 1. The van der Waals surface area contributed by atoms with Gasteiger partial charge in [-0.2, -0.15) is 0 Å². The van der Waals surface area contributed by atoms with E-state index in [9.17, 15) is 30.0 Å². The van der Waals surface area contributed by atoms with Crippen molar-refractivity contribution in [3.8, 4) is 0 Å². The highest BCUT2D eigenvalue weighted by molar-refractivity contribution is 5.75. The van der Waals surface area contributed by atoms with Crippen molar-refractivity contribution in [3.63, 3.8) is 0 Å². The summed E-state index contributed by atoms with van der Waals surface area (Å²) in [6.45, 7) is 9.68. The molecule has 0 saturated carbocycles. The predicted molar refractivity (Wildman–Crippen MR) is 86.4 cm³/mol. The molecular weight excluding hydrogens is 336 g/mol. The Kier molecular flexibility index (Phi) is 8.46. The molecule has 5 N–H and O–H groups in total. The maximum atomic E-state index is 11.5. The van der Waals surface area contributed by atoms with Crippen molar-refractivity contribution in [2.24, 2.45) is 10.8 Å². The van der Waals surface area contributed by atoms with Crippen LogP contribution < -0.4 is 0 Å². The summed E-state index contributed by atoms with van der Waals surface area (Å²) in [5.41, 5.74) is -1.28. The van der Waals surface area contributed by atoms with Crippen LogP contribution in [0, 0.1) is 10.8 Å². The van der Waals surface area contributed by atoms with Crippen LogP contribution in [-0.2, 0) is 19.1 Å². The molecule has 148 valence electrons. The van der Waals surface area contributed by atoms with E-state index in [0.717, 1.165) is 0 Å². The summed E-state index contributed by atoms with van der Waals surface area (Å²) in [6, 6.07) is 0. The number of carboxylic acid groups (broad SMARTS) is 1. The lowest BCUT2D eigenvalue weighted by Gasteiger charge is -2.38. The molecule has 0 amide bonds. The van der Waals surface area contributed by atoms with Gasteiger partial charge in [-0.1, -0.05) is 0 Å². The number of carbonyl (C=O) groups is 2. The van der Waals surface area contributed by atoms with E-state index in [1.54, 1.807) is 41.5 Å². The minimum atomic E-state index is -1.62. The van der Waals surface area contributed by atoms with Gasteiger partial charge in [-0.3, -0.25) is 9.59 Å². The van der Waals surface area contributed by atoms with Crippen LogP contribution >= 0.6 is 0 Å². The summed E-state index contributed by atoms with van der Waals surface area (Å²) in [6.07, 6.45) is -7.27. The molecule has 0 spiro atoms. The molecule has 1 rings (SSSR count). The second-order valence-electron chi connectivity index (χ2n) is 7.94. The van der Waals surface area contributed by atoms with Gasteiger partial charge in [-0.05, 0) is 41.5 Å². The molecule has 0 bridgehead atoms. The van der Waals surface area contributed by atoms with Crippen LogP contribution in [0.15, 0.2) is 0 Å². The molecular formula is C16H30O9. The third-order valence-corrected chi connectivity index (χ3v) is 3.32. The number of aliphatic hydroxyl groups is 4. The third-order valence-electron chi connectivity index (χ3n) is 3.32. The van der Waals surface area contributed by atoms with Crippen LogP contribution in [0.5, 0.6) is 0 Å². The van der Waals surface area contributed by atoms with Crippen LogP contribution in [0.2, 0.25) is 0 Å². The van der Waals surface area contributed by atoms with E-state index in [0.29, 0.717) is 0 Å². The molecule has 0 aromatic rings. The molecule has 1 aliphatic heterocycles. The van der Waals surface area contributed by atoms with Crippen molar-refractivity contribution in [1.82, 2.24) is 0 Å². The lowest BCUT2D eigenvalue weighted by atomic mass is 9.97. The summed E-state index contributed by atoms with van der Waals surface area (Å²) in [4.78, 5) is 21.5. The third kappa shape index (κ3) is 7.66. The summed E-state index contributed by atoms with van der Waals surface area (Å²) in [5.74, 6) is -1.25. The zero-order valence-corrected chi connectivity index (χ0v) is 15.5. The monoisotopic (exact) mass is 366 g/mol. The molecule has 0 unspecified atom stereocenters. The highest BCUT2D eigenvalue weighted by Gasteiger charge is 2.43. The topological polar surface area (TPSA) is 154 Å². The quantitative estimate of drug-likeness (QED) is 0.407. The Morgan fingerprint density at radius 2 is 1.32 bits per heavy atom. The molecule has 0 aliphatic carbocycles. The Hall–Kier alpha value is -1.26. The fourth-order valence-corrected chi connectivity index (χ4v) is 1.44. The van der Waals surface area contributed by atoms with Gasteiger partial charge < -0.3 is 35.0 Å². The molecule has 1 aliphatic rings. The number of rotatable bonds is 2. The smallest absolute Gasteiger partial charge is 0.311 e. The van der Waals surface area contributed by atoms with Gasteiger partial charge in [0.2, 0.25) is 0 Å². The van der Waals surface area contributed by atoms with E-state index in [1.165, 1.54) is 0 Å². The predicted octanol–water partition coefficient (Wildman–Crippen LogP) is -0.507. The first-order valence-electron chi connectivity index (χ1n) is 7.87. The van der Waals surface area contributed by atoms with Crippen molar-refractivity contribution in [3.05, 3.63) is 0 Å².